The van der Waals surface area contributed by atoms with E-state index in [4.69, 9.17) is 4.74 Å². The fraction of sp³-hybridized carbons (Fsp3) is 0.111. The summed E-state index contributed by atoms with van der Waals surface area (Å²) in [6.07, 6.45) is 3.29. The molecule has 28 heavy (non-hydrogen) atoms. The van der Waals surface area contributed by atoms with Gasteiger partial charge in [0.25, 0.3) is 11.6 Å². The van der Waals surface area contributed by atoms with Crippen molar-refractivity contribution in [2.75, 3.05) is 11.9 Å². The van der Waals surface area contributed by atoms with E-state index in [1.54, 1.807) is 23.8 Å². The third-order valence-corrected chi connectivity index (χ3v) is 4.45. The molecular weight excluding hydrogens is 384 g/mol. The molecule has 0 saturated heterocycles. The van der Waals surface area contributed by atoms with Crippen molar-refractivity contribution in [3.05, 3.63) is 70.0 Å². The Morgan fingerprint density at radius 2 is 2.00 bits per heavy atom. The van der Waals surface area contributed by atoms with Gasteiger partial charge < -0.3 is 10.1 Å². The van der Waals surface area contributed by atoms with Crippen LogP contribution in [0.15, 0.2) is 54.2 Å². The van der Waals surface area contributed by atoms with E-state index >= 15 is 0 Å². The SMILES string of the molecule is O=C(COC(=O)Cc1csc(-c2cccnc2)n1)Nc1ccc([N+](=O)[O-])cc1. The number of amides is 1. The summed E-state index contributed by atoms with van der Waals surface area (Å²) in [7, 11) is 0. The monoisotopic (exact) mass is 398 g/mol. The van der Waals surface area contributed by atoms with Gasteiger partial charge in [-0.3, -0.25) is 24.7 Å². The average molecular weight is 398 g/mol. The largest absolute Gasteiger partial charge is 0.455 e. The Hall–Kier alpha value is -3.66. The first-order valence-corrected chi connectivity index (χ1v) is 8.94. The maximum Gasteiger partial charge on any atom is 0.312 e. The van der Waals surface area contributed by atoms with Crippen molar-refractivity contribution in [3.8, 4) is 10.6 Å². The Morgan fingerprint density at radius 3 is 2.68 bits per heavy atom. The Morgan fingerprint density at radius 1 is 1.21 bits per heavy atom. The summed E-state index contributed by atoms with van der Waals surface area (Å²) >= 11 is 1.39. The van der Waals surface area contributed by atoms with Gasteiger partial charge in [0, 0.05) is 41.2 Å². The maximum absolute atomic E-state index is 11.9. The van der Waals surface area contributed by atoms with Gasteiger partial charge in [-0.15, -0.1) is 11.3 Å². The summed E-state index contributed by atoms with van der Waals surface area (Å²) in [6.45, 7) is -0.463. The highest BCUT2D eigenvalue weighted by Crippen LogP contribution is 2.23. The number of thiazole rings is 1. The third kappa shape index (κ3) is 5.17. The van der Waals surface area contributed by atoms with Gasteiger partial charge in [0.15, 0.2) is 6.61 Å². The second-order valence-corrected chi connectivity index (χ2v) is 6.43. The minimum Gasteiger partial charge on any atom is -0.455 e. The Bertz CT molecular complexity index is 989. The van der Waals surface area contributed by atoms with E-state index in [0.29, 0.717) is 11.4 Å². The van der Waals surface area contributed by atoms with Crippen molar-refractivity contribution in [1.29, 1.82) is 0 Å². The summed E-state index contributed by atoms with van der Waals surface area (Å²) in [6, 6.07) is 9.00. The number of nitro groups is 1. The molecule has 3 aromatic rings. The van der Waals surface area contributed by atoms with Gasteiger partial charge in [-0.25, -0.2) is 4.98 Å². The number of benzene rings is 1. The molecule has 0 bridgehead atoms. The number of esters is 1. The molecule has 10 heteroatoms. The Labute approximate surface area is 163 Å². The number of carbonyl (C=O) groups is 2. The molecule has 0 fully saturated rings. The molecule has 0 unspecified atom stereocenters. The number of pyridine rings is 1. The number of ether oxygens (including phenoxy) is 1. The molecule has 0 atom stereocenters. The lowest BCUT2D eigenvalue weighted by atomic mass is 10.3. The van der Waals surface area contributed by atoms with Crippen LogP contribution in [0.5, 0.6) is 0 Å². The van der Waals surface area contributed by atoms with Crippen LogP contribution in [0.25, 0.3) is 10.6 Å². The van der Waals surface area contributed by atoms with E-state index in [1.165, 1.54) is 35.6 Å². The normalized spacial score (nSPS) is 10.3. The quantitative estimate of drug-likeness (QED) is 0.368. The van der Waals surface area contributed by atoms with Crippen LogP contribution in [-0.2, 0) is 20.7 Å². The molecule has 2 heterocycles. The van der Waals surface area contributed by atoms with Crippen molar-refractivity contribution in [3.63, 3.8) is 0 Å². The highest BCUT2D eigenvalue weighted by atomic mass is 32.1. The zero-order chi connectivity index (χ0) is 19.9. The van der Waals surface area contributed by atoms with Gasteiger partial charge in [-0.05, 0) is 24.3 Å². The zero-order valence-electron chi connectivity index (χ0n) is 14.4. The first-order chi connectivity index (χ1) is 13.5. The van der Waals surface area contributed by atoms with Crippen molar-refractivity contribution in [1.82, 2.24) is 9.97 Å². The molecule has 0 aliphatic rings. The lowest BCUT2D eigenvalue weighted by Crippen LogP contribution is -2.21. The van der Waals surface area contributed by atoms with Crippen molar-refractivity contribution >= 4 is 34.6 Å². The van der Waals surface area contributed by atoms with Crippen LogP contribution in [0.1, 0.15) is 5.69 Å². The molecule has 1 N–H and O–H groups in total. The predicted molar refractivity (Wildman–Crippen MR) is 102 cm³/mol. The van der Waals surface area contributed by atoms with Crippen LogP contribution in [0.3, 0.4) is 0 Å². The lowest BCUT2D eigenvalue weighted by Gasteiger charge is -2.06. The lowest BCUT2D eigenvalue weighted by molar-refractivity contribution is -0.384. The smallest absolute Gasteiger partial charge is 0.312 e. The first-order valence-electron chi connectivity index (χ1n) is 8.06. The van der Waals surface area contributed by atoms with Crippen LogP contribution < -0.4 is 5.32 Å². The van der Waals surface area contributed by atoms with Crippen molar-refractivity contribution in [2.45, 2.75) is 6.42 Å². The number of carbonyl (C=O) groups excluding carboxylic acids is 2. The van der Waals surface area contributed by atoms with Gasteiger partial charge in [-0.1, -0.05) is 0 Å². The number of anilines is 1. The summed E-state index contributed by atoms with van der Waals surface area (Å²) in [5, 5.41) is 15.6. The number of non-ortho nitro benzene ring substituents is 1. The number of rotatable bonds is 7. The van der Waals surface area contributed by atoms with E-state index in [0.717, 1.165) is 10.6 Å². The molecule has 9 nitrogen and oxygen atoms in total. The molecule has 142 valence electrons. The summed E-state index contributed by atoms with van der Waals surface area (Å²) in [4.78, 5) is 42.2. The fourth-order valence-corrected chi connectivity index (χ4v) is 3.03. The second kappa shape index (κ2) is 8.82. The molecule has 2 aromatic heterocycles. The number of nitro benzene ring substituents is 1. The molecular formula is C18H14N4O5S. The van der Waals surface area contributed by atoms with Gasteiger partial charge in [0.05, 0.1) is 17.0 Å². The zero-order valence-corrected chi connectivity index (χ0v) is 15.2. The number of hydrogen-bond donors (Lipinski definition) is 1. The van der Waals surface area contributed by atoms with Crippen LogP contribution in [0.2, 0.25) is 0 Å². The van der Waals surface area contributed by atoms with Gasteiger partial charge >= 0.3 is 5.97 Å². The summed E-state index contributed by atoms with van der Waals surface area (Å²) < 4.78 is 4.95. The van der Waals surface area contributed by atoms with Crippen molar-refractivity contribution < 1.29 is 19.2 Å². The summed E-state index contributed by atoms with van der Waals surface area (Å²) in [5.41, 5.74) is 1.69. The molecule has 1 aromatic carbocycles. The van der Waals surface area contributed by atoms with E-state index in [-0.39, 0.29) is 12.1 Å². The van der Waals surface area contributed by atoms with Crippen LogP contribution in [0, 0.1) is 10.1 Å². The molecule has 1 amide bonds. The maximum atomic E-state index is 11.9. The molecule has 3 rings (SSSR count). The van der Waals surface area contributed by atoms with E-state index in [1.807, 2.05) is 6.07 Å². The predicted octanol–water partition coefficient (Wildman–Crippen LogP) is 2.84. The fourth-order valence-electron chi connectivity index (χ4n) is 2.22. The molecule has 0 spiro atoms. The minimum absolute atomic E-state index is 0.0540. The minimum atomic E-state index is -0.582. The standard InChI is InChI=1S/C18H14N4O5S/c23-16(20-13-3-5-15(6-4-13)22(25)26)10-27-17(24)8-14-11-28-18(21-14)12-2-1-7-19-9-12/h1-7,9,11H,8,10H2,(H,20,23). The highest BCUT2D eigenvalue weighted by Gasteiger charge is 2.13. The number of nitrogens with one attached hydrogen (secondary N) is 1. The number of aromatic nitrogens is 2. The Kier molecular flexibility index (Phi) is 6.02. The van der Waals surface area contributed by atoms with Crippen LogP contribution in [0.4, 0.5) is 11.4 Å². The third-order valence-electron chi connectivity index (χ3n) is 3.51. The Balaban J connectivity index is 1.47. The first kappa shape index (κ1) is 19.1. The van der Waals surface area contributed by atoms with Gasteiger partial charge in [0.1, 0.15) is 5.01 Å². The number of hydrogen-bond acceptors (Lipinski definition) is 8. The summed E-state index contributed by atoms with van der Waals surface area (Å²) in [5.74, 6) is -1.13. The molecule has 0 radical (unpaired) electrons. The van der Waals surface area contributed by atoms with Crippen molar-refractivity contribution in [2.24, 2.45) is 0 Å². The van der Waals surface area contributed by atoms with Crippen LogP contribution >= 0.6 is 11.3 Å². The van der Waals surface area contributed by atoms with E-state index < -0.39 is 23.4 Å². The highest BCUT2D eigenvalue weighted by molar-refractivity contribution is 7.13. The van der Waals surface area contributed by atoms with E-state index in [2.05, 4.69) is 15.3 Å². The average Bonchev–Trinajstić information content (AvgIpc) is 3.16. The number of nitrogens with zero attached hydrogens (tertiary/aromatic N) is 3. The van der Waals surface area contributed by atoms with Crippen LogP contribution in [-0.4, -0.2) is 33.4 Å². The molecule has 0 aliphatic carbocycles. The van der Waals surface area contributed by atoms with Gasteiger partial charge in [0.2, 0.25) is 0 Å². The van der Waals surface area contributed by atoms with E-state index in [9.17, 15) is 19.7 Å². The molecule has 0 saturated carbocycles. The molecule has 0 aliphatic heterocycles. The second-order valence-electron chi connectivity index (χ2n) is 5.58. The van der Waals surface area contributed by atoms with Gasteiger partial charge in [-0.2, -0.15) is 0 Å². The topological polar surface area (TPSA) is 124 Å².